The van der Waals surface area contributed by atoms with Crippen molar-refractivity contribution in [1.82, 2.24) is 0 Å². The number of benzene rings is 5. The van der Waals surface area contributed by atoms with Crippen LogP contribution in [0.25, 0.3) is 21.5 Å². The van der Waals surface area contributed by atoms with Gasteiger partial charge in [0.05, 0.1) is 0 Å². The van der Waals surface area contributed by atoms with E-state index in [1.54, 1.807) is 12.1 Å². The van der Waals surface area contributed by atoms with Gasteiger partial charge in [-0.3, -0.25) is 0 Å². The van der Waals surface area contributed by atoms with Crippen LogP contribution in [0.15, 0.2) is 98.1 Å². The normalized spacial score (nSPS) is 12.8. The van der Waals surface area contributed by atoms with E-state index in [1.807, 2.05) is 48.6 Å². The Bertz CT molecular complexity index is 1670. The third-order valence-corrected chi connectivity index (χ3v) is 8.03. The van der Waals surface area contributed by atoms with Gasteiger partial charge in [-0.15, -0.1) is 13.2 Å². The molecule has 3 heteroatoms. The first-order chi connectivity index (χ1) is 19.4. The quantitative estimate of drug-likeness (QED) is 0.204. The topological polar surface area (TPSA) is 49.7 Å². The second-order valence-electron chi connectivity index (χ2n) is 11.1. The molecule has 0 atom stereocenters. The monoisotopic (exact) mass is 526 g/mol. The van der Waals surface area contributed by atoms with E-state index in [9.17, 15) is 10.2 Å². The fourth-order valence-electron chi connectivity index (χ4n) is 6.32. The zero-order valence-electron chi connectivity index (χ0n) is 23.1. The minimum Gasteiger partial charge on any atom is -0.508 e. The van der Waals surface area contributed by atoms with Gasteiger partial charge in [-0.1, -0.05) is 74.5 Å². The van der Waals surface area contributed by atoms with E-state index in [0.717, 1.165) is 61.7 Å². The number of ether oxygens (including phenoxy) is 1. The third-order valence-electron chi connectivity index (χ3n) is 8.03. The molecule has 0 unspecified atom stereocenters. The Kier molecular flexibility index (Phi) is 6.59. The highest BCUT2D eigenvalue weighted by Gasteiger charge is 2.33. The van der Waals surface area contributed by atoms with Gasteiger partial charge >= 0.3 is 0 Å². The number of phenolic OH excluding ortho intramolecular Hbond substituents is 2. The molecule has 6 rings (SSSR count). The van der Waals surface area contributed by atoms with Gasteiger partial charge in [0.25, 0.3) is 0 Å². The molecule has 1 aliphatic heterocycles. The van der Waals surface area contributed by atoms with Crippen LogP contribution in [0, 0.1) is 5.92 Å². The molecule has 0 fully saturated rings. The van der Waals surface area contributed by atoms with Crippen molar-refractivity contribution in [3.05, 3.63) is 131 Å². The maximum Gasteiger partial charge on any atom is 0.132 e. The second-order valence-corrected chi connectivity index (χ2v) is 11.1. The molecule has 0 radical (unpaired) electrons. The number of rotatable bonds is 7. The Hall–Kier alpha value is -4.50. The summed E-state index contributed by atoms with van der Waals surface area (Å²) >= 11 is 0. The summed E-state index contributed by atoms with van der Waals surface area (Å²) in [4.78, 5) is 0. The minimum absolute atomic E-state index is 0.110. The Morgan fingerprint density at radius 1 is 0.675 bits per heavy atom. The number of hydrogen-bond donors (Lipinski definition) is 2. The number of fused-ring (bicyclic) bond motifs is 6. The fourth-order valence-corrected chi connectivity index (χ4v) is 6.32. The smallest absolute Gasteiger partial charge is 0.132 e. The molecule has 1 aliphatic rings. The summed E-state index contributed by atoms with van der Waals surface area (Å²) in [6.07, 6.45) is 5.82. The lowest BCUT2D eigenvalue weighted by Gasteiger charge is -2.32. The number of phenols is 2. The molecule has 0 aliphatic carbocycles. The van der Waals surface area contributed by atoms with Crippen LogP contribution >= 0.6 is 0 Å². The summed E-state index contributed by atoms with van der Waals surface area (Å²) in [5.41, 5.74) is 6.38. The highest BCUT2D eigenvalue weighted by Crippen LogP contribution is 2.53. The van der Waals surface area contributed by atoms with Gasteiger partial charge in [0.15, 0.2) is 0 Å². The first-order valence-corrected chi connectivity index (χ1v) is 13.9. The summed E-state index contributed by atoms with van der Waals surface area (Å²) in [7, 11) is 0. The molecule has 0 saturated carbocycles. The number of aromatic hydroxyl groups is 2. The zero-order valence-corrected chi connectivity index (χ0v) is 23.1. The van der Waals surface area contributed by atoms with E-state index in [0.29, 0.717) is 18.8 Å². The number of hydrogen-bond acceptors (Lipinski definition) is 3. The lowest BCUT2D eigenvalue weighted by atomic mass is 9.77. The summed E-state index contributed by atoms with van der Waals surface area (Å²) < 4.78 is 6.62. The van der Waals surface area contributed by atoms with Gasteiger partial charge in [0.2, 0.25) is 0 Å². The average molecular weight is 527 g/mol. The van der Waals surface area contributed by atoms with Crippen LogP contribution < -0.4 is 4.74 Å². The highest BCUT2D eigenvalue weighted by molar-refractivity contribution is 5.98. The molecule has 1 heterocycles. The average Bonchev–Trinajstić information content (AvgIpc) is 2.94. The number of allylic oxidation sites excluding steroid dienone is 2. The molecule has 0 bridgehead atoms. The van der Waals surface area contributed by atoms with Crippen LogP contribution in [0.1, 0.15) is 53.1 Å². The van der Waals surface area contributed by atoms with E-state index in [4.69, 9.17) is 4.74 Å². The molecule has 0 aromatic heterocycles. The summed E-state index contributed by atoms with van der Waals surface area (Å²) in [6.45, 7) is 12.3. The Balaban J connectivity index is 1.68. The maximum atomic E-state index is 10.7. The van der Waals surface area contributed by atoms with Gasteiger partial charge in [-0.25, -0.2) is 0 Å². The first kappa shape index (κ1) is 25.8. The van der Waals surface area contributed by atoms with Crippen LogP contribution in [0.4, 0.5) is 0 Å². The summed E-state index contributed by atoms with van der Waals surface area (Å²) in [6, 6.07) is 24.7. The van der Waals surface area contributed by atoms with Crippen molar-refractivity contribution in [2.24, 2.45) is 5.92 Å². The van der Waals surface area contributed by atoms with Crippen molar-refractivity contribution in [1.29, 1.82) is 0 Å². The minimum atomic E-state index is -0.110. The molecule has 0 saturated heterocycles. The van der Waals surface area contributed by atoms with Gasteiger partial charge in [-0.05, 0) is 82.1 Å². The van der Waals surface area contributed by atoms with E-state index in [2.05, 4.69) is 51.3 Å². The van der Waals surface area contributed by atoms with E-state index in [-0.39, 0.29) is 17.4 Å². The Labute approximate surface area is 235 Å². The predicted molar refractivity (Wildman–Crippen MR) is 165 cm³/mol. The van der Waals surface area contributed by atoms with Crippen molar-refractivity contribution in [2.75, 3.05) is 0 Å². The van der Waals surface area contributed by atoms with Crippen LogP contribution in [-0.2, 0) is 19.3 Å². The van der Waals surface area contributed by atoms with Crippen molar-refractivity contribution in [3.8, 4) is 23.0 Å². The van der Waals surface area contributed by atoms with Crippen LogP contribution in [0.5, 0.6) is 23.0 Å². The second kappa shape index (κ2) is 10.2. The van der Waals surface area contributed by atoms with Crippen LogP contribution in [-0.4, -0.2) is 10.2 Å². The molecule has 0 spiro atoms. The van der Waals surface area contributed by atoms with E-state index in [1.165, 1.54) is 11.1 Å². The molecular weight excluding hydrogens is 492 g/mol. The Morgan fingerprint density at radius 3 is 1.60 bits per heavy atom. The van der Waals surface area contributed by atoms with Gasteiger partial charge in [0.1, 0.15) is 23.0 Å². The van der Waals surface area contributed by atoms with Crippen molar-refractivity contribution in [3.63, 3.8) is 0 Å². The molecule has 0 amide bonds. The molecule has 5 aromatic carbocycles. The molecule has 5 aromatic rings. The maximum absolute atomic E-state index is 10.7. The van der Waals surface area contributed by atoms with Gasteiger partial charge in [-0.2, -0.15) is 0 Å². The largest absolute Gasteiger partial charge is 0.508 e. The lowest BCUT2D eigenvalue weighted by Crippen LogP contribution is -2.13. The molecular formula is C37H34O3. The van der Waals surface area contributed by atoms with Crippen LogP contribution in [0.3, 0.4) is 0 Å². The van der Waals surface area contributed by atoms with Gasteiger partial charge < -0.3 is 14.9 Å². The Morgan fingerprint density at radius 2 is 1.15 bits per heavy atom. The van der Waals surface area contributed by atoms with Crippen molar-refractivity contribution < 1.29 is 14.9 Å². The summed E-state index contributed by atoms with van der Waals surface area (Å²) in [5, 5.41) is 25.5. The lowest BCUT2D eigenvalue weighted by molar-refractivity contribution is 0.455. The SMILES string of the molecule is C=CCc1c(O)ccc2c3c(ccc12)Oc1ccc2c(CC=C)c(O)ccc2c1C3c1ccc(CC(C)C)cc1. The fraction of sp³-hybridized carbons (Fsp3) is 0.189. The van der Waals surface area contributed by atoms with Crippen molar-refractivity contribution >= 4 is 21.5 Å². The van der Waals surface area contributed by atoms with E-state index < -0.39 is 0 Å². The first-order valence-electron chi connectivity index (χ1n) is 13.9. The standard InChI is InChI=1S/C37H34O3/c1-5-7-27-25-15-19-33-36(29(25)13-17-31(27)38)35(24-11-9-23(10-12-24)21-22(3)4)37-30-14-18-32(39)28(8-6-2)26(30)16-20-34(37)40-33/h5-6,9-20,22,35,38-39H,1-2,7-8,21H2,3-4H3. The molecule has 200 valence electrons. The molecule has 2 N–H and O–H groups in total. The van der Waals surface area contributed by atoms with Crippen molar-refractivity contribution in [2.45, 2.75) is 39.0 Å². The third kappa shape index (κ3) is 4.23. The van der Waals surface area contributed by atoms with Crippen LogP contribution in [0.2, 0.25) is 0 Å². The summed E-state index contributed by atoms with van der Waals surface area (Å²) in [5.74, 6) is 2.65. The zero-order chi connectivity index (χ0) is 28.0. The van der Waals surface area contributed by atoms with E-state index >= 15 is 0 Å². The molecule has 40 heavy (non-hydrogen) atoms. The predicted octanol–water partition coefficient (Wildman–Crippen LogP) is 9.35. The van der Waals surface area contributed by atoms with Gasteiger partial charge in [0, 0.05) is 28.2 Å². The highest BCUT2D eigenvalue weighted by atomic mass is 16.5. The molecule has 3 nitrogen and oxygen atoms in total.